The lowest BCUT2D eigenvalue weighted by Crippen LogP contribution is -2.28. The Labute approximate surface area is 119 Å². The van der Waals surface area contributed by atoms with Gasteiger partial charge in [0.15, 0.2) is 0 Å². The Bertz CT molecular complexity index is 404. The van der Waals surface area contributed by atoms with E-state index in [1.807, 2.05) is 0 Å². The summed E-state index contributed by atoms with van der Waals surface area (Å²) in [5, 5.41) is 3.88. The second-order valence-electron chi connectivity index (χ2n) is 5.53. The van der Waals surface area contributed by atoms with Gasteiger partial charge in [0.25, 0.3) is 0 Å². The molecule has 1 saturated heterocycles. The Morgan fingerprint density at radius 1 is 1.47 bits per heavy atom. The Morgan fingerprint density at radius 3 is 2.95 bits per heavy atom. The van der Waals surface area contributed by atoms with Crippen molar-refractivity contribution in [3.05, 3.63) is 34.6 Å². The minimum atomic E-state index is -0.270. The molecule has 19 heavy (non-hydrogen) atoms. The predicted octanol–water partition coefficient (Wildman–Crippen LogP) is 3.80. The Kier molecular flexibility index (Phi) is 5.20. The highest BCUT2D eigenvalue weighted by atomic mass is 35.5. The number of halogens is 2. The van der Waals surface area contributed by atoms with Crippen molar-refractivity contribution >= 4 is 11.6 Å². The molecule has 2 nitrogen and oxygen atoms in total. The molecule has 0 aromatic heterocycles. The fourth-order valence-electron chi connectivity index (χ4n) is 2.50. The van der Waals surface area contributed by atoms with Crippen molar-refractivity contribution in [2.24, 2.45) is 11.8 Å². The minimum Gasteiger partial charge on any atom is -0.373 e. The summed E-state index contributed by atoms with van der Waals surface area (Å²) >= 11 is 6.12. The van der Waals surface area contributed by atoms with Gasteiger partial charge in [-0.2, -0.15) is 0 Å². The van der Waals surface area contributed by atoms with Crippen LogP contribution in [-0.2, 0) is 4.74 Å². The van der Waals surface area contributed by atoms with Crippen LogP contribution in [-0.4, -0.2) is 19.7 Å². The van der Waals surface area contributed by atoms with E-state index in [9.17, 15) is 4.39 Å². The highest BCUT2D eigenvalue weighted by Gasteiger charge is 2.32. The van der Waals surface area contributed by atoms with E-state index >= 15 is 0 Å². The molecule has 2 rings (SSSR count). The van der Waals surface area contributed by atoms with Gasteiger partial charge in [-0.1, -0.05) is 31.5 Å². The molecule has 0 radical (unpaired) electrons. The first-order chi connectivity index (χ1) is 9.09. The molecule has 1 aromatic rings. The van der Waals surface area contributed by atoms with E-state index < -0.39 is 0 Å². The van der Waals surface area contributed by atoms with Crippen LogP contribution in [0.15, 0.2) is 18.2 Å². The van der Waals surface area contributed by atoms with Crippen LogP contribution < -0.4 is 5.32 Å². The van der Waals surface area contributed by atoms with Gasteiger partial charge in [0.05, 0.1) is 6.10 Å². The molecule has 106 valence electrons. The molecule has 0 bridgehead atoms. The standard InChI is InChI=1S/C15H21ClFNO/c1-10(2)8-18-9-11-6-7-19-15(11)14-12(16)4-3-5-13(14)17/h3-5,10-11,15,18H,6-9H2,1-2H3. The van der Waals surface area contributed by atoms with Crippen LogP contribution in [0.5, 0.6) is 0 Å². The van der Waals surface area contributed by atoms with Crippen molar-refractivity contribution in [3.8, 4) is 0 Å². The van der Waals surface area contributed by atoms with Crippen molar-refractivity contribution in [2.45, 2.75) is 26.4 Å². The molecule has 1 aromatic carbocycles. The van der Waals surface area contributed by atoms with E-state index in [-0.39, 0.29) is 17.8 Å². The molecular formula is C15H21ClFNO. The van der Waals surface area contributed by atoms with E-state index in [4.69, 9.17) is 16.3 Å². The Morgan fingerprint density at radius 2 is 2.26 bits per heavy atom. The molecule has 1 heterocycles. The lowest BCUT2D eigenvalue weighted by atomic mass is 9.94. The zero-order valence-electron chi connectivity index (χ0n) is 11.5. The average molecular weight is 286 g/mol. The largest absolute Gasteiger partial charge is 0.373 e. The number of nitrogens with one attached hydrogen (secondary N) is 1. The van der Waals surface area contributed by atoms with E-state index in [2.05, 4.69) is 19.2 Å². The molecule has 0 saturated carbocycles. The number of benzene rings is 1. The maximum Gasteiger partial charge on any atom is 0.130 e. The molecule has 2 unspecified atom stereocenters. The molecule has 0 aliphatic carbocycles. The first-order valence-electron chi connectivity index (χ1n) is 6.85. The molecule has 1 fully saturated rings. The molecule has 0 amide bonds. The van der Waals surface area contributed by atoms with Crippen molar-refractivity contribution < 1.29 is 9.13 Å². The topological polar surface area (TPSA) is 21.3 Å². The van der Waals surface area contributed by atoms with Crippen LogP contribution in [0.4, 0.5) is 4.39 Å². The van der Waals surface area contributed by atoms with E-state index in [0.29, 0.717) is 23.1 Å². The smallest absolute Gasteiger partial charge is 0.130 e. The van der Waals surface area contributed by atoms with Gasteiger partial charge in [0.1, 0.15) is 5.82 Å². The highest BCUT2D eigenvalue weighted by Crippen LogP contribution is 2.38. The Hall–Kier alpha value is -0.640. The summed E-state index contributed by atoms with van der Waals surface area (Å²) in [6.45, 7) is 6.82. The molecule has 4 heteroatoms. The van der Waals surface area contributed by atoms with Crippen LogP contribution in [0, 0.1) is 17.7 Å². The zero-order valence-corrected chi connectivity index (χ0v) is 12.2. The van der Waals surface area contributed by atoms with Crippen molar-refractivity contribution in [1.82, 2.24) is 5.32 Å². The second-order valence-corrected chi connectivity index (χ2v) is 5.93. The maximum atomic E-state index is 13.9. The van der Waals surface area contributed by atoms with Gasteiger partial charge < -0.3 is 10.1 Å². The fourth-order valence-corrected chi connectivity index (χ4v) is 2.77. The number of hydrogen-bond donors (Lipinski definition) is 1. The van der Waals surface area contributed by atoms with Gasteiger partial charge >= 0.3 is 0 Å². The monoisotopic (exact) mass is 285 g/mol. The zero-order chi connectivity index (χ0) is 13.8. The van der Waals surface area contributed by atoms with Crippen molar-refractivity contribution in [1.29, 1.82) is 0 Å². The summed E-state index contributed by atoms with van der Waals surface area (Å²) < 4.78 is 19.6. The molecule has 1 aliphatic rings. The number of ether oxygens (including phenoxy) is 1. The quantitative estimate of drug-likeness (QED) is 0.888. The van der Waals surface area contributed by atoms with Gasteiger partial charge in [-0.05, 0) is 31.0 Å². The summed E-state index contributed by atoms with van der Waals surface area (Å²) in [6.07, 6.45) is 0.716. The number of rotatable bonds is 5. The average Bonchev–Trinajstić information content (AvgIpc) is 2.77. The second kappa shape index (κ2) is 6.69. The number of hydrogen-bond acceptors (Lipinski definition) is 2. The third kappa shape index (κ3) is 3.68. The van der Waals surface area contributed by atoms with E-state index in [1.54, 1.807) is 12.1 Å². The van der Waals surface area contributed by atoms with Crippen LogP contribution in [0.2, 0.25) is 5.02 Å². The summed E-state index contributed by atoms with van der Waals surface area (Å²) in [4.78, 5) is 0. The lowest BCUT2D eigenvalue weighted by Gasteiger charge is -2.21. The van der Waals surface area contributed by atoms with E-state index in [0.717, 1.165) is 19.5 Å². The third-order valence-corrected chi connectivity index (χ3v) is 3.79. The molecule has 1 N–H and O–H groups in total. The molecular weight excluding hydrogens is 265 g/mol. The maximum absolute atomic E-state index is 13.9. The van der Waals surface area contributed by atoms with Crippen LogP contribution in [0.3, 0.4) is 0 Å². The lowest BCUT2D eigenvalue weighted by molar-refractivity contribution is 0.0874. The van der Waals surface area contributed by atoms with Gasteiger partial charge in [-0.25, -0.2) is 4.39 Å². The summed E-state index contributed by atoms with van der Waals surface area (Å²) in [5.74, 6) is 0.624. The minimum absolute atomic E-state index is 0.228. The van der Waals surface area contributed by atoms with Gasteiger partial charge in [-0.15, -0.1) is 0 Å². The highest BCUT2D eigenvalue weighted by molar-refractivity contribution is 6.31. The van der Waals surface area contributed by atoms with Gasteiger partial charge in [0.2, 0.25) is 0 Å². The molecule has 1 aliphatic heterocycles. The van der Waals surface area contributed by atoms with Crippen LogP contribution in [0.1, 0.15) is 31.9 Å². The summed E-state index contributed by atoms with van der Waals surface area (Å²) in [7, 11) is 0. The predicted molar refractivity (Wildman–Crippen MR) is 75.9 cm³/mol. The Balaban J connectivity index is 2.06. The summed E-state index contributed by atoms with van der Waals surface area (Å²) in [5.41, 5.74) is 0.512. The third-order valence-electron chi connectivity index (χ3n) is 3.46. The molecule has 0 spiro atoms. The summed E-state index contributed by atoms with van der Waals surface area (Å²) in [6, 6.07) is 4.80. The van der Waals surface area contributed by atoms with Crippen LogP contribution >= 0.6 is 11.6 Å². The normalized spacial score (nSPS) is 23.2. The van der Waals surface area contributed by atoms with E-state index in [1.165, 1.54) is 6.07 Å². The van der Waals surface area contributed by atoms with Gasteiger partial charge in [-0.3, -0.25) is 0 Å². The van der Waals surface area contributed by atoms with Crippen molar-refractivity contribution in [3.63, 3.8) is 0 Å². The first kappa shape index (κ1) is 14.8. The first-order valence-corrected chi connectivity index (χ1v) is 7.23. The fraction of sp³-hybridized carbons (Fsp3) is 0.600. The van der Waals surface area contributed by atoms with Crippen molar-refractivity contribution in [2.75, 3.05) is 19.7 Å². The van der Waals surface area contributed by atoms with Crippen LogP contribution in [0.25, 0.3) is 0 Å². The molecule has 2 atom stereocenters. The SMILES string of the molecule is CC(C)CNCC1CCOC1c1c(F)cccc1Cl. The van der Waals surface area contributed by atoms with Gasteiger partial charge in [0, 0.05) is 29.7 Å².